The van der Waals surface area contributed by atoms with E-state index < -0.39 is 16.6 Å². The molecule has 0 aliphatic heterocycles. The van der Waals surface area contributed by atoms with E-state index in [1.54, 1.807) is 0 Å². The molecule has 0 fully saturated rings. The second kappa shape index (κ2) is 9.81. The molecule has 0 unspecified atom stereocenters. The summed E-state index contributed by atoms with van der Waals surface area (Å²) in [6.45, 7) is 21.7. The minimum atomic E-state index is -2.11. The van der Waals surface area contributed by atoms with Gasteiger partial charge < -0.3 is 9.59 Å². The fraction of sp³-hybridized carbons (Fsp3) is 1.00. The summed E-state index contributed by atoms with van der Waals surface area (Å²) < 4.78 is 0. The van der Waals surface area contributed by atoms with Gasteiger partial charge in [0.25, 0.3) is 0 Å². The first kappa shape index (κ1) is 25.8. The maximum atomic E-state index is 11.3. The van der Waals surface area contributed by atoms with Crippen LogP contribution in [0.1, 0.15) is 54.9 Å². The Balaban J connectivity index is -0.000000230. The van der Waals surface area contributed by atoms with Gasteiger partial charge in [0.1, 0.15) is 0 Å². The van der Waals surface area contributed by atoms with Crippen LogP contribution >= 0.6 is 0 Å². The topological polar surface area (TPSA) is 46.1 Å². The van der Waals surface area contributed by atoms with Crippen LogP contribution < -0.4 is 9.59 Å². The molecule has 0 aromatic heterocycles. The molecular weight excluding hydrogens is 295 g/mol. The molecule has 0 rings (SSSR count). The van der Waals surface area contributed by atoms with Crippen molar-refractivity contribution in [3.8, 4) is 0 Å². The van der Waals surface area contributed by atoms with Crippen LogP contribution in [0.5, 0.6) is 0 Å². The molecule has 0 aliphatic rings. The van der Waals surface area contributed by atoms with Gasteiger partial charge in [-0.2, -0.15) is 0 Å². The second-order valence-corrected chi connectivity index (χ2v) is 17.9. The molecule has 2 nitrogen and oxygen atoms in total. The van der Waals surface area contributed by atoms with Crippen LogP contribution in [-0.4, -0.2) is 32.9 Å². The first-order valence-electron chi connectivity index (χ1n) is 7.52. The quantitative estimate of drug-likeness (QED) is 0.688. The van der Waals surface area contributed by atoms with Gasteiger partial charge in [0.05, 0.1) is 0 Å². The van der Waals surface area contributed by atoms with Crippen LogP contribution in [0.4, 0.5) is 0 Å². The summed E-state index contributed by atoms with van der Waals surface area (Å²) in [7, 11) is -4.22. The molecule has 0 N–H and O–H groups in total. The molecule has 0 atom stereocenters. The molecule has 5 heteroatoms. The van der Waals surface area contributed by atoms with Gasteiger partial charge in [0.2, 0.25) is 0 Å². The van der Waals surface area contributed by atoms with Crippen molar-refractivity contribution >= 4 is 32.9 Å². The van der Waals surface area contributed by atoms with Gasteiger partial charge in [-0.1, -0.05) is 77.8 Å². The predicted molar refractivity (Wildman–Crippen MR) is 95.2 cm³/mol. The van der Waals surface area contributed by atoms with E-state index in [9.17, 15) is 9.59 Å². The Kier molecular flexibility index (Phi) is 12.7. The fourth-order valence-electron chi connectivity index (χ4n) is 0. The molecule has 20 heavy (non-hydrogen) atoms. The summed E-state index contributed by atoms with van der Waals surface area (Å²) >= 11 is 2.66. The van der Waals surface area contributed by atoms with Gasteiger partial charge in [0.15, 0.2) is 0 Å². The molecular formula is C15H37AlO2Si2. The van der Waals surface area contributed by atoms with E-state index in [0.29, 0.717) is 0 Å². The molecule has 0 aromatic carbocycles. The van der Waals surface area contributed by atoms with Crippen molar-refractivity contribution in [3.05, 3.63) is 0 Å². The van der Waals surface area contributed by atoms with Gasteiger partial charge in [-0.15, -0.1) is 0 Å². The van der Waals surface area contributed by atoms with Gasteiger partial charge in [0, 0.05) is 0 Å². The van der Waals surface area contributed by atoms with Crippen LogP contribution in [0.2, 0.25) is 41.5 Å². The van der Waals surface area contributed by atoms with Crippen molar-refractivity contribution < 1.29 is 9.59 Å². The first-order valence-corrected chi connectivity index (χ1v) is 14.2. The molecule has 0 spiro atoms. The molecule has 0 aromatic rings. The number of rotatable bonds is 1. The molecule has 0 heterocycles. The molecule has 120 valence electrons. The van der Waals surface area contributed by atoms with E-state index in [1.807, 2.05) is 67.7 Å². The van der Waals surface area contributed by atoms with E-state index in [0.717, 1.165) is 0 Å². The van der Waals surface area contributed by atoms with Crippen molar-refractivity contribution in [2.75, 3.05) is 0 Å². The van der Waals surface area contributed by atoms with Crippen molar-refractivity contribution in [3.63, 3.8) is 0 Å². The summed E-state index contributed by atoms with van der Waals surface area (Å²) in [5.74, 6) is 0. The van der Waals surface area contributed by atoms with E-state index in [4.69, 9.17) is 0 Å². The van der Waals surface area contributed by atoms with E-state index in [-0.39, 0.29) is 10.1 Å². The zero-order chi connectivity index (χ0) is 17.4. The Morgan fingerprint density at radius 3 is 0.850 bits per heavy atom. The Bertz CT molecular complexity index is 180. The van der Waals surface area contributed by atoms with Crippen LogP contribution in [0, 0.1) is 0 Å². The fourth-order valence-corrected chi connectivity index (χ4v) is 0. The van der Waals surface area contributed by atoms with Crippen LogP contribution in [-0.2, 0) is 0 Å². The average Bonchev–Trinajstić information content (AvgIpc) is 2.12. The second-order valence-electron chi connectivity index (χ2n) is 8.31. The van der Waals surface area contributed by atoms with Crippen LogP contribution in [0.15, 0.2) is 0 Å². The third-order valence-corrected chi connectivity index (χ3v) is 11.7. The van der Waals surface area contributed by atoms with Crippen LogP contribution in [0.25, 0.3) is 0 Å². The van der Waals surface area contributed by atoms with E-state index >= 15 is 0 Å². The number of hydrogen-bond donors (Lipinski definition) is 0. The third-order valence-electron chi connectivity index (χ3n) is 3.90. The van der Waals surface area contributed by atoms with Gasteiger partial charge in [-0.25, -0.2) is 0 Å². The van der Waals surface area contributed by atoms with Gasteiger partial charge in [-0.3, -0.25) is 0 Å². The Labute approximate surface area is 139 Å². The third kappa shape index (κ3) is 15.3. The monoisotopic (exact) mass is 332 g/mol. The summed E-state index contributed by atoms with van der Waals surface area (Å²) in [5.41, 5.74) is 0. The van der Waals surface area contributed by atoms with Crippen molar-refractivity contribution in [2.24, 2.45) is 0 Å². The molecule has 0 bridgehead atoms. The summed E-state index contributed by atoms with van der Waals surface area (Å²) in [4.78, 5) is 22.5. The van der Waals surface area contributed by atoms with Gasteiger partial charge >= 0.3 is 34.9 Å². The van der Waals surface area contributed by atoms with Crippen molar-refractivity contribution in [1.82, 2.24) is 0 Å². The number of hydrogen-bond acceptors (Lipinski definition) is 2. The van der Waals surface area contributed by atoms with E-state index in [2.05, 4.69) is 23.2 Å². The average molecular weight is 333 g/mol. The summed E-state index contributed by atoms with van der Waals surface area (Å²) in [6, 6.07) is 0. The molecule has 0 saturated heterocycles. The first-order chi connectivity index (χ1) is 8.41. The summed E-state index contributed by atoms with van der Waals surface area (Å²) in [5, 5.41) is 1.28. The summed E-state index contributed by atoms with van der Waals surface area (Å²) in [6.07, 6.45) is 1.28. The normalized spacial score (nSPS) is 12.9. The Morgan fingerprint density at radius 2 is 0.850 bits per heavy atom. The Hall–Kier alpha value is 0.886. The zero-order valence-electron chi connectivity index (χ0n) is 15.8. The van der Waals surface area contributed by atoms with Gasteiger partial charge in [-0.05, 0) is 16.6 Å². The zero-order valence-corrected chi connectivity index (χ0v) is 19.0. The molecule has 0 saturated carbocycles. The van der Waals surface area contributed by atoms with E-state index in [1.165, 1.54) is 11.7 Å². The molecule has 0 amide bonds. The minimum absolute atomic E-state index is 0.0208. The van der Waals surface area contributed by atoms with Crippen molar-refractivity contribution in [2.45, 2.75) is 96.4 Å². The standard InChI is InChI=1S/2C6H15OSi.C3H7.Al/c2*1-6(2,3)8(4,5)7;1-3-2;/h2*1-5H3;1,3H2,2H3;/q2*-1;;+2. The molecule has 0 radical (unpaired) electrons. The maximum absolute atomic E-state index is 11.3. The Morgan fingerprint density at radius 1 is 0.750 bits per heavy atom. The van der Waals surface area contributed by atoms with Crippen molar-refractivity contribution in [1.29, 1.82) is 0 Å². The molecule has 0 aliphatic carbocycles. The predicted octanol–water partition coefficient (Wildman–Crippen LogP) is 3.69. The van der Waals surface area contributed by atoms with Crippen LogP contribution in [0.3, 0.4) is 0 Å². The SMILES string of the molecule is CC(C)(C)[Si](C)(C)[O-].CC(C)(C)[Si](C)(C)[O-].CC[CH2][Al+2].